The molecule has 1 aromatic heterocycles. The van der Waals surface area contributed by atoms with Crippen LogP contribution in [0.3, 0.4) is 0 Å². The predicted molar refractivity (Wildman–Crippen MR) is 124 cm³/mol. The molecule has 0 amide bonds. The zero-order chi connectivity index (χ0) is 22.9. The summed E-state index contributed by atoms with van der Waals surface area (Å²) in [5.41, 5.74) is 9.09. The second kappa shape index (κ2) is 9.32. The number of aryl methyl sites for hydroxylation is 1. The van der Waals surface area contributed by atoms with Gasteiger partial charge in [-0.05, 0) is 73.9 Å². The first-order valence-electron chi connectivity index (χ1n) is 11.2. The molecule has 2 aliphatic rings. The van der Waals surface area contributed by atoms with Gasteiger partial charge in [0.05, 0.1) is 24.9 Å². The molecule has 1 aromatic carbocycles. The Balaban J connectivity index is 1.43. The van der Waals surface area contributed by atoms with Crippen molar-refractivity contribution in [3.63, 3.8) is 0 Å². The molecule has 1 unspecified atom stereocenters. The molecule has 1 fully saturated rings. The Hall–Kier alpha value is -2.25. The number of halogens is 2. The number of aromatic nitrogens is 2. The summed E-state index contributed by atoms with van der Waals surface area (Å²) < 4.78 is 20.1. The maximum Gasteiger partial charge on any atom is 0.224 e. The van der Waals surface area contributed by atoms with Crippen LogP contribution in [-0.4, -0.2) is 34.6 Å². The molecule has 1 aliphatic carbocycles. The first kappa shape index (κ1) is 22.9. The lowest BCUT2D eigenvalue weighted by Gasteiger charge is -2.28. The highest BCUT2D eigenvalue weighted by molar-refractivity contribution is 6.28. The van der Waals surface area contributed by atoms with Crippen molar-refractivity contribution in [3.05, 3.63) is 45.9 Å². The number of ether oxygens (including phenoxy) is 1. The zero-order valence-electron chi connectivity index (χ0n) is 18.6. The van der Waals surface area contributed by atoms with E-state index in [9.17, 15) is 9.18 Å². The predicted octanol–water partition coefficient (Wildman–Crippen LogP) is 4.78. The quantitative estimate of drug-likeness (QED) is 0.456. The molecule has 2 heterocycles. The lowest BCUT2D eigenvalue weighted by molar-refractivity contribution is -0.137. The Labute approximate surface area is 193 Å². The minimum absolute atomic E-state index is 0.0205. The summed E-state index contributed by atoms with van der Waals surface area (Å²) in [6, 6.07) is 5.95. The van der Waals surface area contributed by atoms with E-state index in [0.29, 0.717) is 31.9 Å². The molecule has 32 heavy (non-hydrogen) atoms. The van der Waals surface area contributed by atoms with E-state index in [-0.39, 0.29) is 42.3 Å². The number of ketones is 1. The molecular weight excluding hydrogens is 431 g/mol. The summed E-state index contributed by atoms with van der Waals surface area (Å²) in [5.74, 6) is 0.633. The van der Waals surface area contributed by atoms with Gasteiger partial charge in [0.2, 0.25) is 5.28 Å². The second-order valence-electron chi connectivity index (χ2n) is 9.12. The van der Waals surface area contributed by atoms with Crippen LogP contribution in [0.15, 0.2) is 18.2 Å². The third-order valence-corrected chi connectivity index (χ3v) is 6.75. The van der Waals surface area contributed by atoms with Crippen molar-refractivity contribution in [2.24, 2.45) is 5.92 Å². The summed E-state index contributed by atoms with van der Waals surface area (Å²) in [7, 11) is 0. The first-order valence-corrected chi connectivity index (χ1v) is 11.6. The largest absolute Gasteiger partial charge is 0.399 e. The minimum Gasteiger partial charge on any atom is -0.399 e. The number of benzene rings is 1. The number of carbonyl (C=O) groups excluding carboxylic acids is 1. The Kier molecular flexibility index (Phi) is 6.67. The normalized spacial score (nSPS) is 20.6. The van der Waals surface area contributed by atoms with Crippen LogP contribution in [0, 0.1) is 12.8 Å². The maximum absolute atomic E-state index is 14.9. The number of nitrogens with one attached hydrogen (secondary N) is 1. The van der Waals surface area contributed by atoms with Gasteiger partial charge in [0.15, 0.2) is 11.5 Å². The standard InChI is InChI=1S/C24H30ClFN4O2/c1-14-9-17(13-18(27)10-14)15(2)28-22-19-11-16(12-20(19)29-23(25)30-22)3-4-21(31)24(26)5-7-32-8-6-24/h9-10,13,15-16H,3-8,11-12,27H2,1-2H3,(H,28,29,30)/t15-,16?/m1/s1. The second-order valence-corrected chi connectivity index (χ2v) is 9.46. The molecule has 0 saturated carbocycles. The number of Topliss-reactive ketones (excluding diaryl/α,β-unsaturated/α-hetero) is 1. The van der Waals surface area contributed by atoms with Crippen molar-refractivity contribution >= 4 is 28.9 Å². The molecule has 8 heteroatoms. The molecule has 0 bridgehead atoms. The highest BCUT2D eigenvalue weighted by atomic mass is 35.5. The molecular formula is C24H30ClFN4O2. The van der Waals surface area contributed by atoms with E-state index < -0.39 is 5.67 Å². The summed E-state index contributed by atoms with van der Waals surface area (Å²) in [4.78, 5) is 21.4. The lowest BCUT2D eigenvalue weighted by Crippen LogP contribution is -2.39. The number of hydrogen-bond acceptors (Lipinski definition) is 6. The number of nitrogens with two attached hydrogens (primary N) is 1. The number of rotatable bonds is 7. The van der Waals surface area contributed by atoms with Crippen molar-refractivity contribution in [2.45, 2.75) is 64.1 Å². The SMILES string of the molecule is Cc1cc(N)cc([C@@H](C)Nc2nc(Cl)nc3c2CC(CCC(=O)C2(F)CCOCC2)C3)c1. The smallest absolute Gasteiger partial charge is 0.224 e. The Bertz CT molecular complexity index is 989. The van der Waals surface area contributed by atoms with Gasteiger partial charge < -0.3 is 15.8 Å². The van der Waals surface area contributed by atoms with Gasteiger partial charge in [-0.15, -0.1) is 0 Å². The van der Waals surface area contributed by atoms with Crippen LogP contribution >= 0.6 is 11.6 Å². The molecule has 6 nitrogen and oxygen atoms in total. The molecule has 1 aliphatic heterocycles. The van der Waals surface area contributed by atoms with Crippen molar-refractivity contribution in [1.82, 2.24) is 9.97 Å². The van der Waals surface area contributed by atoms with Crippen LogP contribution in [0.2, 0.25) is 5.28 Å². The fourth-order valence-corrected chi connectivity index (χ4v) is 4.94. The van der Waals surface area contributed by atoms with Crippen LogP contribution in [0.5, 0.6) is 0 Å². The molecule has 3 N–H and O–H groups in total. The Morgan fingerprint density at radius 2 is 2.06 bits per heavy atom. The van der Waals surface area contributed by atoms with Gasteiger partial charge in [-0.25, -0.2) is 14.4 Å². The highest BCUT2D eigenvalue weighted by Gasteiger charge is 2.40. The van der Waals surface area contributed by atoms with E-state index in [2.05, 4.69) is 28.3 Å². The van der Waals surface area contributed by atoms with Gasteiger partial charge in [0.1, 0.15) is 5.82 Å². The van der Waals surface area contributed by atoms with Gasteiger partial charge in [-0.3, -0.25) is 4.79 Å². The number of alkyl halides is 1. The van der Waals surface area contributed by atoms with E-state index in [1.807, 2.05) is 19.1 Å². The van der Waals surface area contributed by atoms with E-state index in [0.717, 1.165) is 34.5 Å². The number of nitrogen functional groups attached to an aromatic ring is 1. The van der Waals surface area contributed by atoms with Gasteiger partial charge in [0.25, 0.3) is 0 Å². The third kappa shape index (κ3) is 5.04. The highest BCUT2D eigenvalue weighted by Crippen LogP contribution is 2.36. The molecule has 172 valence electrons. The number of anilines is 2. The molecule has 2 aromatic rings. The van der Waals surface area contributed by atoms with Crippen molar-refractivity contribution in [3.8, 4) is 0 Å². The molecule has 2 atom stereocenters. The first-order chi connectivity index (χ1) is 15.2. The van der Waals surface area contributed by atoms with Gasteiger partial charge in [0, 0.05) is 30.5 Å². The van der Waals surface area contributed by atoms with Crippen molar-refractivity contribution in [2.75, 3.05) is 24.3 Å². The van der Waals surface area contributed by atoms with Crippen LogP contribution in [0.1, 0.15) is 61.0 Å². The van der Waals surface area contributed by atoms with Crippen LogP contribution in [0.4, 0.5) is 15.9 Å². The number of hydrogen-bond donors (Lipinski definition) is 2. The summed E-state index contributed by atoms with van der Waals surface area (Å²) in [6.45, 7) is 4.69. The molecule has 0 spiro atoms. The Morgan fingerprint density at radius 3 is 2.78 bits per heavy atom. The summed E-state index contributed by atoms with van der Waals surface area (Å²) in [5, 5.41) is 3.66. The van der Waals surface area contributed by atoms with Gasteiger partial charge >= 0.3 is 0 Å². The van der Waals surface area contributed by atoms with E-state index in [1.54, 1.807) is 0 Å². The number of carbonyl (C=O) groups is 1. The van der Waals surface area contributed by atoms with Crippen LogP contribution in [0.25, 0.3) is 0 Å². The van der Waals surface area contributed by atoms with Gasteiger partial charge in [-0.1, -0.05) is 6.07 Å². The number of fused-ring (bicyclic) bond motifs is 1. The fraction of sp³-hybridized carbons (Fsp3) is 0.542. The fourth-order valence-electron chi connectivity index (χ4n) is 4.76. The van der Waals surface area contributed by atoms with E-state index >= 15 is 0 Å². The van der Waals surface area contributed by atoms with Crippen LogP contribution < -0.4 is 11.1 Å². The minimum atomic E-state index is -1.73. The monoisotopic (exact) mass is 460 g/mol. The lowest BCUT2D eigenvalue weighted by atomic mass is 9.87. The molecule has 1 saturated heterocycles. The Morgan fingerprint density at radius 1 is 1.31 bits per heavy atom. The zero-order valence-corrected chi connectivity index (χ0v) is 19.3. The van der Waals surface area contributed by atoms with E-state index in [4.69, 9.17) is 22.1 Å². The van der Waals surface area contributed by atoms with Gasteiger partial charge in [-0.2, -0.15) is 0 Å². The average molecular weight is 461 g/mol. The van der Waals surface area contributed by atoms with Crippen molar-refractivity contribution < 1.29 is 13.9 Å². The summed E-state index contributed by atoms with van der Waals surface area (Å²) >= 11 is 6.21. The third-order valence-electron chi connectivity index (χ3n) is 6.58. The van der Waals surface area contributed by atoms with E-state index in [1.165, 1.54) is 0 Å². The molecule has 4 rings (SSSR count). The van der Waals surface area contributed by atoms with Crippen molar-refractivity contribution in [1.29, 1.82) is 0 Å². The van der Waals surface area contributed by atoms with Crippen LogP contribution in [-0.2, 0) is 22.4 Å². The maximum atomic E-state index is 14.9. The molecule has 0 radical (unpaired) electrons. The average Bonchev–Trinajstić information content (AvgIpc) is 3.14. The topological polar surface area (TPSA) is 90.1 Å². The summed E-state index contributed by atoms with van der Waals surface area (Å²) in [6.07, 6.45) is 2.64. The number of nitrogens with zero attached hydrogens (tertiary/aromatic N) is 2.